The first kappa shape index (κ1) is 22.8. The van der Waals surface area contributed by atoms with E-state index >= 15 is 0 Å². The summed E-state index contributed by atoms with van der Waals surface area (Å²) >= 11 is 0. The van der Waals surface area contributed by atoms with Crippen molar-refractivity contribution in [3.8, 4) is 5.75 Å². The molecule has 1 aliphatic carbocycles. The molecule has 2 N–H and O–H groups in total. The first-order valence-electron chi connectivity index (χ1n) is 11.9. The Kier molecular flexibility index (Phi) is 6.55. The molecule has 5 rings (SSSR count). The Balaban J connectivity index is 1.50. The quantitative estimate of drug-likeness (QED) is 0.533. The summed E-state index contributed by atoms with van der Waals surface area (Å²) in [4.78, 5) is 2.54. The fourth-order valence-corrected chi connectivity index (χ4v) is 5.52. The highest BCUT2D eigenvalue weighted by atomic mass is 32.2. The maximum atomic E-state index is 11.4. The van der Waals surface area contributed by atoms with Gasteiger partial charge in [0.2, 0.25) is 0 Å². The van der Waals surface area contributed by atoms with Crippen molar-refractivity contribution in [1.82, 2.24) is 4.90 Å². The highest BCUT2D eigenvalue weighted by molar-refractivity contribution is 7.84. The summed E-state index contributed by atoms with van der Waals surface area (Å²) < 4.78 is 27.7. The monoisotopic (exact) mass is 474 g/mol. The van der Waals surface area contributed by atoms with Crippen molar-refractivity contribution >= 4 is 21.5 Å². The van der Waals surface area contributed by atoms with E-state index in [9.17, 15) is 8.42 Å². The summed E-state index contributed by atoms with van der Waals surface area (Å²) in [6.45, 7) is 3.56. The molecule has 0 unspecified atom stereocenters. The van der Waals surface area contributed by atoms with Gasteiger partial charge in [-0.3, -0.25) is 0 Å². The van der Waals surface area contributed by atoms with Crippen LogP contribution in [0.1, 0.15) is 47.1 Å². The third-order valence-corrected chi connectivity index (χ3v) is 7.21. The van der Waals surface area contributed by atoms with Crippen molar-refractivity contribution in [3.05, 3.63) is 101 Å². The standard InChI is InChI=1S/C28H30N2O3S/c29-34(31,32)33-25-13-15-27-24(20-25)12-14-26(22-6-2-1-3-7-22)28(27)23-10-8-21(9-11-23)16-19-30-17-4-5-18-30/h1-3,6-11,13,15,20H,4-5,12,14,16-19H2,(H2,29,31,32). The molecule has 0 bridgehead atoms. The highest BCUT2D eigenvalue weighted by Gasteiger charge is 2.23. The second-order valence-corrected chi connectivity index (χ2v) is 10.3. The van der Waals surface area contributed by atoms with Crippen molar-refractivity contribution in [2.24, 2.45) is 5.14 Å². The largest absolute Gasteiger partial charge is 0.380 e. The zero-order valence-corrected chi connectivity index (χ0v) is 20.1. The van der Waals surface area contributed by atoms with Crippen LogP contribution in [-0.2, 0) is 23.1 Å². The molecule has 1 aliphatic heterocycles. The van der Waals surface area contributed by atoms with E-state index in [-0.39, 0.29) is 5.75 Å². The van der Waals surface area contributed by atoms with E-state index in [0.717, 1.165) is 36.9 Å². The van der Waals surface area contributed by atoms with Gasteiger partial charge in [0.25, 0.3) is 0 Å². The van der Waals surface area contributed by atoms with Crippen LogP contribution in [0.2, 0.25) is 0 Å². The van der Waals surface area contributed by atoms with Crippen LogP contribution in [0.3, 0.4) is 0 Å². The maximum Gasteiger partial charge on any atom is 0.380 e. The minimum Gasteiger partial charge on any atom is -0.371 e. The predicted molar refractivity (Wildman–Crippen MR) is 137 cm³/mol. The zero-order valence-electron chi connectivity index (χ0n) is 19.2. The third-order valence-electron chi connectivity index (χ3n) is 6.78. The van der Waals surface area contributed by atoms with Gasteiger partial charge in [0.05, 0.1) is 0 Å². The van der Waals surface area contributed by atoms with Gasteiger partial charge in [0.1, 0.15) is 5.75 Å². The molecule has 34 heavy (non-hydrogen) atoms. The Morgan fingerprint density at radius 1 is 0.853 bits per heavy atom. The van der Waals surface area contributed by atoms with Crippen LogP contribution in [0, 0.1) is 0 Å². The number of hydrogen-bond acceptors (Lipinski definition) is 4. The van der Waals surface area contributed by atoms with Crippen molar-refractivity contribution < 1.29 is 12.6 Å². The average molecular weight is 475 g/mol. The van der Waals surface area contributed by atoms with Crippen molar-refractivity contribution in [2.75, 3.05) is 19.6 Å². The molecule has 5 nitrogen and oxygen atoms in total. The Labute approximate surface area is 202 Å². The van der Waals surface area contributed by atoms with E-state index in [0.29, 0.717) is 0 Å². The molecule has 176 valence electrons. The van der Waals surface area contributed by atoms with Gasteiger partial charge in [-0.05, 0) is 96.3 Å². The maximum absolute atomic E-state index is 11.4. The van der Waals surface area contributed by atoms with E-state index in [2.05, 4.69) is 53.4 Å². The van der Waals surface area contributed by atoms with Gasteiger partial charge in [-0.2, -0.15) is 13.6 Å². The molecule has 0 radical (unpaired) electrons. The molecule has 0 saturated carbocycles. The van der Waals surface area contributed by atoms with Crippen molar-refractivity contribution in [1.29, 1.82) is 0 Å². The molecule has 0 spiro atoms. The fourth-order valence-electron chi connectivity index (χ4n) is 5.14. The van der Waals surface area contributed by atoms with Crippen LogP contribution in [0.15, 0.2) is 72.8 Å². The predicted octanol–water partition coefficient (Wildman–Crippen LogP) is 4.81. The number of allylic oxidation sites excluding steroid dienone is 1. The average Bonchev–Trinajstić information content (AvgIpc) is 3.36. The smallest absolute Gasteiger partial charge is 0.371 e. The number of likely N-dealkylation sites (tertiary alicyclic amines) is 1. The minimum absolute atomic E-state index is 0.251. The van der Waals surface area contributed by atoms with Gasteiger partial charge in [-0.1, -0.05) is 60.7 Å². The molecule has 0 atom stereocenters. The Morgan fingerprint density at radius 2 is 1.59 bits per heavy atom. The number of nitrogens with two attached hydrogens (primary N) is 1. The lowest BCUT2D eigenvalue weighted by Crippen LogP contribution is -2.21. The molecule has 0 amide bonds. The van der Waals surface area contributed by atoms with Crippen LogP contribution < -0.4 is 9.32 Å². The number of hydrogen-bond donors (Lipinski definition) is 1. The third kappa shape index (κ3) is 5.25. The Bertz CT molecular complexity index is 1290. The van der Waals surface area contributed by atoms with Crippen LogP contribution >= 0.6 is 0 Å². The van der Waals surface area contributed by atoms with E-state index < -0.39 is 10.3 Å². The summed E-state index contributed by atoms with van der Waals surface area (Å²) in [5.41, 5.74) is 8.41. The first-order valence-corrected chi connectivity index (χ1v) is 13.4. The molecular weight excluding hydrogens is 444 g/mol. The number of fused-ring (bicyclic) bond motifs is 1. The molecular formula is C28H30N2O3S. The Morgan fingerprint density at radius 3 is 2.29 bits per heavy atom. The second-order valence-electron chi connectivity index (χ2n) is 9.11. The van der Waals surface area contributed by atoms with E-state index in [4.69, 9.17) is 9.32 Å². The number of nitrogens with zero attached hydrogens (tertiary/aromatic N) is 1. The lowest BCUT2D eigenvalue weighted by molar-refractivity contribution is 0.343. The molecule has 2 aliphatic rings. The second kappa shape index (κ2) is 9.74. The lowest BCUT2D eigenvalue weighted by Gasteiger charge is -2.25. The summed E-state index contributed by atoms with van der Waals surface area (Å²) in [5, 5.41) is 5.08. The fraction of sp³-hybridized carbons (Fsp3) is 0.286. The number of benzene rings is 3. The van der Waals surface area contributed by atoms with Gasteiger partial charge in [0, 0.05) is 6.54 Å². The van der Waals surface area contributed by atoms with E-state index in [1.807, 2.05) is 12.1 Å². The summed E-state index contributed by atoms with van der Waals surface area (Å²) in [6.07, 6.45) is 5.37. The van der Waals surface area contributed by atoms with Gasteiger partial charge < -0.3 is 9.08 Å². The highest BCUT2D eigenvalue weighted by Crippen LogP contribution is 2.41. The van der Waals surface area contributed by atoms with Crippen molar-refractivity contribution in [2.45, 2.75) is 32.1 Å². The van der Waals surface area contributed by atoms with Crippen LogP contribution in [0.25, 0.3) is 11.1 Å². The normalized spacial score (nSPS) is 16.5. The summed E-state index contributed by atoms with van der Waals surface area (Å²) in [6, 6.07) is 24.9. The SMILES string of the molecule is NS(=O)(=O)Oc1ccc2c(c1)CCC(c1ccccc1)=C2c1ccc(CCN2CCCC2)cc1. The van der Waals surface area contributed by atoms with Gasteiger partial charge in [-0.25, -0.2) is 0 Å². The zero-order chi connectivity index (χ0) is 23.5. The van der Waals surface area contributed by atoms with Crippen LogP contribution in [-0.4, -0.2) is 33.0 Å². The Hall–Kier alpha value is -2.93. The molecule has 3 aromatic carbocycles. The van der Waals surface area contributed by atoms with Gasteiger partial charge >= 0.3 is 10.3 Å². The van der Waals surface area contributed by atoms with Crippen LogP contribution in [0.4, 0.5) is 0 Å². The van der Waals surface area contributed by atoms with E-state index in [1.165, 1.54) is 53.8 Å². The lowest BCUT2D eigenvalue weighted by atomic mass is 9.79. The summed E-state index contributed by atoms with van der Waals surface area (Å²) in [5.74, 6) is 0.251. The van der Waals surface area contributed by atoms with Crippen LogP contribution in [0.5, 0.6) is 5.75 Å². The van der Waals surface area contributed by atoms with Crippen molar-refractivity contribution in [3.63, 3.8) is 0 Å². The molecule has 0 aromatic heterocycles. The number of aryl methyl sites for hydroxylation is 1. The molecule has 6 heteroatoms. The van der Waals surface area contributed by atoms with Gasteiger partial charge in [-0.15, -0.1) is 0 Å². The topological polar surface area (TPSA) is 72.6 Å². The first-order chi connectivity index (χ1) is 16.5. The van der Waals surface area contributed by atoms with Gasteiger partial charge in [0.15, 0.2) is 0 Å². The minimum atomic E-state index is -4.06. The van der Waals surface area contributed by atoms with E-state index in [1.54, 1.807) is 12.1 Å². The summed E-state index contributed by atoms with van der Waals surface area (Å²) in [7, 11) is -4.06. The molecule has 1 fully saturated rings. The molecule has 1 heterocycles. The molecule has 3 aromatic rings. The molecule has 1 saturated heterocycles. The number of rotatable bonds is 7.